The number of imide groups is 1. The standard InChI is InChI=1S/C16H22FN3O2/c1-11(14(21)20-15(18)22)19-10-16(8-2-3-9-16)12-4-6-13(17)7-5-12/h4-7,11,19H,2-3,8-10H2,1H3,(H3,18,20,21,22). The van der Waals surface area contributed by atoms with Crippen LogP contribution in [0, 0.1) is 5.82 Å². The lowest BCUT2D eigenvalue weighted by molar-refractivity contribution is -0.121. The van der Waals surface area contributed by atoms with E-state index in [1.54, 1.807) is 6.92 Å². The van der Waals surface area contributed by atoms with Crippen molar-refractivity contribution in [2.45, 2.75) is 44.1 Å². The first-order valence-corrected chi connectivity index (χ1v) is 7.53. The highest BCUT2D eigenvalue weighted by atomic mass is 19.1. The fourth-order valence-electron chi connectivity index (χ4n) is 3.09. The minimum Gasteiger partial charge on any atom is -0.351 e. The number of hydrogen-bond acceptors (Lipinski definition) is 3. The number of rotatable bonds is 5. The second kappa shape index (κ2) is 6.87. The molecule has 1 fully saturated rings. The summed E-state index contributed by atoms with van der Waals surface area (Å²) in [5.74, 6) is -0.696. The predicted molar refractivity (Wildman–Crippen MR) is 81.7 cm³/mol. The molecule has 1 aliphatic rings. The van der Waals surface area contributed by atoms with Gasteiger partial charge < -0.3 is 11.1 Å². The lowest BCUT2D eigenvalue weighted by Crippen LogP contribution is -2.49. The first-order valence-electron chi connectivity index (χ1n) is 7.53. The smallest absolute Gasteiger partial charge is 0.318 e. The van der Waals surface area contributed by atoms with E-state index in [1.165, 1.54) is 12.1 Å². The van der Waals surface area contributed by atoms with Crippen LogP contribution in [0.4, 0.5) is 9.18 Å². The average molecular weight is 307 g/mol. The van der Waals surface area contributed by atoms with Crippen LogP contribution in [0.2, 0.25) is 0 Å². The molecule has 0 aliphatic heterocycles. The average Bonchev–Trinajstić information content (AvgIpc) is 2.94. The quantitative estimate of drug-likeness (QED) is 0.775. The number of nitrogens with two attached hydrogens (primary N) is 1. The Bertz CT molecular complexity index is 539. The molecule has 0 aromatic heterocycles. The number of benzene rings is 1. The van der Waals surface area contributed by atoms with E-state index in [9.17, 15) is 14.0 Å². The number of hydrogen-bond donors (Lipinski definition) is 3. The topological polar surface area (TPSA) is 84.2 Å². The van der Waals surface area contributed by atoms with Crippen LogP contribution < -0.4 is 16.4 Å². The second-order valence-electron chi connectivity index (χ2n) is 5.95. The summed E-state index contributed by atoms with van der Waals surface area (Å²) in [7, 11) is 0. The molecule has 1 atom stereocenters. The van der Waals surface area contributed by atoms with Crippen molar-refractivity contribution in [1.82, 2.24) is 10.6 Å². The maximum Gasteiger partial charge on any atom is 0.318 e. The molecule has 6 heteroatoms. The Hall–Kier alpha value is -1.95. The summed E-state index contributed by atoms with van der Waals surface area (Å²) < 4.78 is 13.1. The Morgan fingerprint density at radius 3 is 2.41 bits per heavy atom. The van der Waals surface area contributed by atoms with Crippen LogP contribution in [0.3, 0.4) is 0 Å². The van der Waals surface area contributed by atoms with Crippen molar-refractivity contribution in [2.24, 2.45) is 5.73 Å². The monoisotopic (exact) mass is 307 g/mol. The van der Waals surface area contributed by atoms with E-state index >= 15 is 0 Å². The fraction of sp³-hybridized carbons (Fsp3) is 0.500. The van der Waals surface area contributed by atoms with Crippen LogP contribution in [-0.4, -0.2) is 24.5 Å². The van der Waals surface area contributed by atoms with Crippen molar-refractivity contribution in [1.29, 1.82) is 0 Å². The zero-order valence-electron chi connectivity index (χ0n) is 12.7. The van der Waals surface area contributed by atoms with Gasteiger partial charge in [0.2, 0.25) is 5.91 Å². The Balaban J connectivity index is 2.04. The zero-order valence-corrected chi connectivity index (χ0v) is 12.7. The van der Waals surface area contributed by atoms with Gasteiger partial charge in [-0.05, 0) is 37.5 Å². The molecule has 4 N–H and O–H groups in total. The van der Waals surface area contributed by atoms with Gasteiger partial charge in [-0.3, -0.25) is 10.1 Å². The summed E-state index contributed by atoms with van der Waals surface area (Å²) >= 11 is 0. The summed E-state index contributed by atoms with van der Waals surface area (Å²) in [5.41, 5.74) is 5.94. The molecule has 0 spiro atoms. The highest BCUT2D eigenvalue weighted by molar-refractivity contribution is 5.96. The van der Waals surface area contributed by atoms with Crippen LogP contribution in [0.25, 0.3) is 0 Å². The maximum atomic E-state index is 13.1. The third kappa shape index (κ3) is 3.82. The van der Waals surface area contributed by atoms with E-state index in [2.05, 4.69) is 10.6 Å². The van der Waals surface area contributed by atoms with Gasteiger partial charge in [-0.25, -0.2) is 9.18 Å². The van der Waals surface area contributed by atoms with Crippen LogP contribution in [0.5, 0.6) is 0 Å². The minimum absolute atomic E-state index is 0.0883. The maximum absolute atomic E-state index is 13.1. The molecule has 22 heavy (non-hydrogen) atoms. The van der Waals surface area contributed by atoms with E-state index in [1.807, 2.05) is 12.1 Å². The molecule has 1 aromatic carbocycles. The normalized spacial score (nSPS) is 17.9. The van der Waals surface area contributed by atoms with Crippen LogP contribution in [-0.2, 0) is 10.2 Å². The molecule has 0 radical (unpaired) electrons. The second-order valence-corrected chi connectivity index (χ2v) is 5.95. The number of primary amides is 1. The molecule has 1 aliphatic carbocycles. The number of nitrogens with one attached hydrogen (secondary N) is 2. The lowest BCUT2D eigenvalue weighted by atomic mass is 9.78. The molecule has 5 nitrogen and oxygen atoms in total. The number of carbonyl (C=O) groups is 2. The van der Waals surface area contributed by atoms with Gasteiger partial charge in [0.05, 0.1) is 6.04 Å². The summed E-state index contributed by atoms with van der Waals surface area (Å²) in [6, 6.07) is 5.20. The zero-order chi connectivity index (χ0) is 16.2. The molecule has 0 heterocycles. The SMILES string of the molecule is CC(NCC1(c2ccc(F)cc2)CCCC1)C(=O)NC(N)=O. The number of halogens is 1. The van der Waals surface area contributed by atoms with Gasteiger partial charge in [0.15, 0.2) is 0 Å². The summed E-state index contributed by atoms with van der Waals surface area (Å²) in [6.07, 6.45) is 4.22. The first kappa shape index (κ1) is 16.4. The molecule has 120 valence electrons. The van der Waals surface area contributed by atoms with Crippen LogP contribution >= 0.6 is 0 Å². The van der Waals surface area contributed by atoms with Crippen molar-refractivity contribution in [3.63, 3.8) is 0 Å². The highest BCUT2D eigenvalue weighted by Gasteiger charge is 2.36. The molecule has 1 aromatic rings. The molecule has 2 rings (SSSR count). The molecule has 0 saturated heterocycles. The lowest BCUT2D eigenvalue weighted by Gasteiger charge is -2.31. The van der Waals surface area contributed by atoms with Gasteiger partial charge in [0.1, 0.15) is 5.82 Å². The summed E-state index contributed by atoms with van der Waals surface area (Å²) in [5, 5.41) is 5.24. The Kier molecular flexibility index (Phi) is 5.13. The van der Waals surface area contributed by atoms with E-state index in [0.717, 1.165) is 31.2 Å². The first-order chi connectivity index (χ1) is 10.4. The molecular weight excluding hydrogens is 285 g/mol. The van der Waals surface area contributed by atoms with E-state index in [0.29, 0.717) is 6.54 Å². The molecule has 3 amide bonds. The third-order valence-corrected chi connectivity index (χ3v) is 4.40. The number of urea groups is 1. The van der Waals surface area contributed by atoms with Gasteiger partial charge in [-0.15, -0.1) is 0 Å². The molecule has 0 bridgehead atoms. The molecule has 1 unspecified atom stereocenters. The van der Waals surface area contributed by atoms with Gasteiger partial charge in [0.25, 0.3) is 0 Å². The molecule has 1 saturated carbocycles. The minimum atomic E-state index is -0.854. The summed E-state index contributed by atoms with van der Waals surface area (Å²) in [6.45, 7) is 2.29. The molecular formula is C16H22FN3O2. The Morgan fingerprint density at radius 2 is 1.86 bits per heavy atom. The van der Waals surface area contributed by atoms with E-state index in [-0.39, 0.29) is 11.2 Å². The van der Waals surface area contributed by atoms with Gasteiger partial charge in [-0.2, -0.15) is 0 Å². The highest BCUT2D eigenvalue weighted by Crippen LogP contribution is 2.40. The third-order valence-electron chi connectivity index (χ3n) is 4.40. The predicted octanol–water partition coefficient (Wildman–Crippen LogP) is 1.81. The van der Waals surface area contributed by atoms with Gasteiger partial charge in [0, 0.05) is 12.0 Å². The van der Waals surface area contributed by atoms with Crippen LogP contribution in [0.15, 0.2) is 24.3 Å². The van der Waals surface area contributed by atoms with Crippen molar-refractivity contribution in [2.75, 3.05) is 6.54 Å². The Morgan fingerprint density at radius 1 is 1.27 bits per heavy atom. The van der Waals surface area contributed by atoms with Crippen molar-refractivity contribution in [3.05, 3.63) is 35.6 Å². The number of amides is 3. The largest absolute Gasteiger partial charge is 0.351 e. The van der Waals surface area contributed by atoms with Gasteiger partial charge >= 0.3 is 6.03 Å². The van der Waals surface area contributed by atoms with Crippen molar-refractivity contribution in [3.8, 4) is 0 Å². The van der Waals surface area contributed by atoms with E-state index in [4.69, 9.17) is 5.73 Å². The Labute approximate surface area is 129 Å². The van der Waals surface area contributed by atoms with Crippen molar-refractivity contribution >= 4 is 11.9 Å². The van der Waals surface area contributed by atoms with Crippen molar-refractivity contribution < 1.29 is 14.0 Å². The fourth-order valence-corrected chi connectivity index (χ4v) is 3.09. The van der Waals surface area contributed by atoms with E-state index < -0.39 is 18.0 Å². The summed E-state index contributed by atoms with van der Waals surface area (Å²) in [4.78, 5) is 22.4. The van der Waals surface area contributed by atoms with Gasteiger partial charge in [-0.1, -0.05) is 25.0 Å². The van der Waals surface area contributed by atoms with Crippen LogP contribution in [0.1, 0.15) is 38.2 Å². The number of carbonyl (C=O) groups excluding carboxylic acids is 2.